The maximum atomic E-state index is 2.54. The van der Waals surface area contributed by atoms with Crippen LogP contribution < -0.4 is 8.79 Å². The fourth-order valence-corrected chi connectivity index (χ4v) is 10.7. The summed E-state index contributed by atoms with van der Waals surface area (Å²) < 4.78 is 3.27. The number of hydrogen-bond acceptors (Lipinski definition) is 0. The Morgan fingerprint density at radius 2 is 0.957 bits per heavy atom. The van der Waals surface area contributed by atoms with Gasteiger partial charge in [0.15, 0.2) is 0 Å². The number of hydrogen-bond donors (Lipinski definition) is 0. The van der Waals surface area contributed by atoms with Crippen molar-refractivity contribution in [2.45, 2.75) is 11.5 Å². The van der Waals surface area contributed by atoms with Crippen LogP contribution in [-0.4, -0.2) is 13.3 Å². The van der Waals surface area contributed by atoms with Crippen molar-refractivity contribution < 1.29 is 0 Å². The van der Waals surface area contributed by atoms with Crippen molar-refractivity contribution in [3.8, 4) is 11.1 Å². The second kappa shape index (κ2) is 4.49. The van der Waals surface area contributed by atoms with Gasteiger partial charge in [0, 0.05) is 0 Å². The summed E-state index contributed by atoms with van der Waals surface area (Å²) in [4.78, 5) is 0. The zero-order valence-electron chi connectivity index (χ0n) is 13.4. The van der Waals surface area contributed by atoms with E-state index in [1.165, 1.54) is 32.7 Å². The van der Waals surface area contributed by atoms with E-state index in [2.05, 4.69) is 84.3 Å². The van der Waals surface area contributed by atoms with Crippen molar-refractivity contribution in [3.05, 3.63) is 72.8 Å². The molecule has 0 saturated carbocycles. The van der Waals surface area contributed by atoms with Gasteiger partial charge in [0.1, 0.15) is 0 Å². The standard InChI is InChI=1S/C22H18Ge/c1-23(2)19-13-11-15-7-3-5-9-17(15)21(19)22-18-10-6-4-8-16(18)12-14-20(22)23/h3-14H,1-2H3. The molecule has 0 N–H and O–H groups in total. The van der Waals surface area contributed by atoms with Gasteiger partial charge in [-0.05, 0) is 0 Å². The van der Waals surface area contributed by atoms with Crippen molar-refractivity contribution in [2.75, 3.05) is 0 Å². The molecule has 0 unspecified atom stereocenters. The zero-order chi connectivity index (χ0) is 15.6. The molecule has 0 bridgehead atoms. The predicted molar refractivity (Wildman–Crippen MR) is 104 cm³/mol. The molecule has 0 spiro atoms. The molecule has 1 aliphatic rings. The van der Waals surface area contributed by atoms with Gasteiger partial charge >= 0.3 is 139 Å². The molecule has 0 aromatic heterocycles. The van der Waals surface area contributed by atoms with E-state index in [9.17, 15) is 0 Å². The fraction of sp³-hybridized carbons (Fsp3) is 0.0909. The van der Waals surface area contributed by atoms with Crippen LogP contribution in [0.15, 0.2) is 72.8 Å². The quantitative estimate of drug-likeness (QED) is 0.398. The molecule has 0 radical (unpaired) electrons. The summed E-state index contributed by atoms with van der Waals surface area (Å²) in [6, 6.07) is 27.1. The summed E-state index contributed by atoms with van der Waals surface area (Å²) in [5.41, 5.74) is 3.03. The third-order valence-corrected chi connectivity index (χ3v) is 12.9. The van der Waals surface area contributed by atoms with Gasteiger partial charge in [-0.3, -0.25) is 0 Å². The summed E-state index contributed by atoms with van der Waals surface area (Å²) in [7, 11) is 0. The molecule has 1 heteroatoms. The van der Waals surface area contributed by atoms with Crippen LogP contribution in [0.25, 0.3) is 32.7 Å². The Labute approximate surface area is 139 Å². The summed E-state index contributed by atoms with van der Waals surface area (Å²) in [6.07, 6.45) is 0. The van der Waals surface area contributed by atoms with E-state index >= 15 is 0 Å². The Morgan fingerprint density at radius 3 is 1.43 bits per heavy atom. The van der Waals surface area contributed by atoms with Crippen LogP contribution in [0, 0.1) is 0 Å². The van der Waals surface area contributed by atoms with E-state index in [0.717, 1.165) is 0 Å². The first-order valence-electron chi connectivity index (χ1n) is 8.23. The van der Waals surface area contributed by atoms with Gasteiger partial charge in [-0.1, -0.05) is 0 Å². The molecule has 4 aromatic rings. The first-order chi connectivity index (χ1) is 11.2. The molecule has 0 atom stereocenters. The Hall–Kier alpha value is -2.06. The van der Waals surface area contributed by atoms with Gasteiger partial charge in [-0.2, -0.15) is 0 Å². The van der Waals surface area contributed by atoms with Crippen molar-refractivity contribution in [3.63, 3.8) is 0 Å². The third kappa shape index (κ3) is 1.67. The summed E-state index contributed by atoms with van der Waals surface area (Å²) >= 11 is -2.20. The molecular formula is C22H18Ge. The molecule has 110 valence electrons. The molecule has 0 amide bonds. The molecule has 1 heterocycles. The first kappa shape index (κ1) is 13.4. The van der Waals surface area contributed by atoms with Crippen LogP contribution in [0.1, 0.15) is 0 Å². The Morgan fingerprint density at radius 1 is 0.522 bits per heavy atom. The van der Waals surface area contributed by atoms with Gasteiger partial charge in [0.05, 0.1) is 0 Å². The molecule has 1 aliphatic heterocycles. The molecule has 5 rings (SSSR count). The number of fused-ring (bicyclic) bond motifs is 7. The average molecular weight is 355 g/mol. The Balaban J connectivity index is 2.06. The molecule has 4 aromatic carbocycles. The van der Waals surface area contributed by atoms with Crippen LogP contribution >= 0.6 is 0 Å². The molecule has 0 nitrogen and oxygen atoms in total. The van der Waals surface area contributed by atoms with E-state index in [4.69, 9.17) is 0 Å². The van der Waals surface area contributed by atoms with E-state index in [-0.39, 0.29) is 0 Å². The maximum absolute atomic E-state index is 2.54. The molecule has 0 aliphatic carbocycles. The third-order valence-electron chi connectivity index (χ3n) is 5.45. The van der Waals surface area contributed by atoms with Crippen LogP contribution in [-0.2, 0) is 0 Å². The monoisotopic (exact) mass is 356 g/mol. The average Bonchev–Trinajstić information content (AvgIpc) is 2.83. The minimum absolute atomic E-state index is 1.35. The van der Waals surface area contributed by atoms with Gasteiger partial charge in [0.25, 0.3) is 0 Å². The number of benzene rings is 4. The molecule has 0 saturated heterocycles. The summed E-state index contributed by atoms with van der Waals surface area (Å²) in [5.74, 6) is 5.07. The van der Waals surface area contributed by atoms with Crippen LogP contribution in [0.4, 0.5) is 0 Å². The van der Waals surface area contributed by atoms with Crippen molar-refractivity contribution in [1.82, 2.24) is 0 Å². The zero-order valence-corrected chi connectivity index (χ0v) is 15.5. The van der Waals surface area contributed by atoms with Crippen LogP contribution in [0.5, 0.6) is 0 Å². The molecular weight excluding hydrogens is 337 g/mol. The second-order valence-electron chi connectivity index (χ2n) is 7.04. The summed E-state index contributed by atoms with van der Waals surface area (Å²) in [6.45, 7) is 0. The van der Waals surface area contributed by atoms with Crippen LogP contribution in [0.3, 0.4) is 0 Å². The van der Waals surface area contributed by atoms with E-state index in [1.54, 1.807) is 8.79 Å². The minimum atomic E-state index is -2.20. The fourth-order valence-electron chi connectivity index (χ4n) is 4.27. The van der Waals surface area contributed by atoms with E-state index < -0.39 is 13.3 Å². The van der Waals surface area contributed by atoms with Crippen molar-refractivity contribution >= 4 is 43.6 Å². The predicted octanol–water partition coefficient (Wildman–Crippen LogP) is 4.80. The van der Waals surface area contributed by atoms with Gasteiger partial charge in [-0.25, -0.2) is 0 Å². The second-order valence-corrected chi connectivity index (χ2v) is 16.1. The van der Waals surface area contributed by atoms with E-state index in [1.807, 2.05) is 0 Å². The van der Waals surface area contributed by atoms with Gasteiger partial charge in [0.2, 0.25) is 0 Å². The van der Waals surface area contributed by atoms with Gasteiger partial charge in [-0.15, -0.1) is 0 Å². The molecule has 0 fully saturated rings. The van der Waals surface area contributed by atoms with Crippen molar-refractivity contribution in [1.29, 1.82) is 0 Å². The molecule has 23 heavy (non-hydrogen) atoms. The topological polar surface area (TPSA) is 0 Å². The first-order valence-corrected chi connectivity index (χ1v) is 14.5. The van der Waals surface area contributed by atoms with Gasteiger partial charge < -0.3 is 0 Å². The normalized spacial score (nSPS) is 14.9. The summed E-state index contributed by atoms with van der Waals surface area (Å²) in [5, 5.41) is 5.54. The van der Waals surface area contributed by atoms with E-state index in [0.29, 0.717) is 0 Å². The van der Waals surface area contributed by atoms with Crippen LogP contribution in [0.2, 0.25) is 11.5 Å². The van der Waals surface area contributed by atoms with Crippen molar-refractivity contribution in [2.24, 2.45) is 0 Å². The Kier molecular flexibility index (Phi) is 2.61. The Bertz CT molecular complexity index is 1000. The SMILES string of the molecule is [CH3][Ge]1([CH3])[c]2ccc3ccccc3c2-c2[c]1ccc1ccccc21. The number of rotatable bonds is 0.